The van der Waals surface area contributed by atoms with E-state index in [1.165, 1.54) is 0 Å². The molecule has 4 aromatic rings. The summed E-state index contributed by atoms with van der Waals surface area (Å²) in [6.07, 6.45) is 1.62. The molecule has 0 unspecified atom stereocenters. The molecule has 1 aromatic carbocycles. The molecule has 0 radical (unpaired) electrons. The summed E-state index contributed by atoms with van der Waals surface area (Å²) in [5.41, 5.74) is 3.05. The molecular formula is C21H21N5O3S. The van der Waals surface area contributed by atoms with Crippen molar-refractivity contribution in [2.45, 2.75) is 17.8 Å². The van der Waals surface area contributed by atoms with Crippen LogP contribution in [0.4, 0.5) is 5.95 Å². The van der Waals surface area contributed by atoms with Gasteiger partial charge in [-0.2, -0.15) is 0 Å². The summed E-state index contributed by atoms with van der Waals surface area (Å²) < 4.78 is 18.4. The van der Waals surface area contributed by atoms with Crippen molar-refractivity contribution in [2.24, 2.45) is 0 Å². The van der Waals surface area contributed by atoms with Gasteiger partial charge in [-0.3, -0.25) is 4.57 Å². The lowest BCUT2D eigenvalue weighted by atomic mass is 10.2. The average molecular weight is 423 g/mol. The molecule has 0 saturated carbocycles. The fraction of sp³-hybridized carbons (Fsp3) is 0.286. The number of rotatable bonds is 6. The molecule has 0 bridgehead atoms. The van der Waals surface area contributed by atoms with Gasteiger partial charge in [-0.25, -0.2) is 0 Å². The minimum atomic E-state index is 0.608. The van der Waals surface area contributed by atoms with E-state index in [1.54, 1.807) is 18.0 Å². The lowest BCUT2D eigenvalue weighted by Crippen LogP contribution is -2.38. The monoisotopic (exact) mass is 423 g/mol. The Balaban J connectivity index is 1.43. The summed E-state index contributed by atoms with van der Waals surface area (Å²) in [7, 11) is 0. The topological polar surface area (TPSA) is 82.3 Å². The summed E-state index contributed by atoms with van der Waals surface area (Å²) in [5, 5.41) is 14.0. The maximum absolute atomic E-state index is 5.50. The number of nitrogens with zero attached hydrogens (tertiary/aromatic N) is 5. The van der Waals surface area contributed by atoms with E-state index in [0.717, 1.165) is 41.1 Å². The lowest BCUT2D eigenvalue weighted by Gasteiger charge is -2.28. The van der Waals surface area contributed by atoms with E-state index in [9.17, 15) is 0 Å². The van der Waals surface area contributed by atoms with E-state index < -0.39 is 0 Å². The van der Waals surface area contributed by atoms with Crippen LogP contribution in [-0.4, -0.2) is 46.2 Å². The number of aromatic nitrogens is 4. The number of morpholine rings is 1. The smallest absolute Gasteiger partial charge is 0.232 e. The number of benzene rings is 1. The molecule has 3 aromatic heterocycles. The first kappa shape index (κ1) is 19.0. The van der Waals surface area contributed by atoms with E-state index in [2.05, 4.69) is 43.9 Å². The molecule has 1 aliphatic rings. The van der Waals surface area contributed by atoms with Crippen LogP contribution in [0.5, 0.6) is 0 Å². The van der Waals surface area contributed by atoms with Gasteiger partial charge in [-0.15, -0.1) is 10.2 Å². The van der Waals surface area contributed by atoms with Crippen LogP contribution < -0.4 is 4.90 Å². The van der Waals surface area contributed by atoms with Crippen LogP contribution in [-0.2, 0) is 10.5 Å². The molecular weight excluding hydrogens is 402 g/mol. The molecule has 9 heteroatoms. The number of thioether (sulfide) groups is 1. The Bertz CT molecular complexity index is 1120. The molecule has 1 saturated heterocycles. The number of aryl methyl sites for hydroxylation is 1. The number of para-hydroxylation sites is 1. The first-order valence-electron chi connectivity index (χ1n) is 9.76. The molecule has 1 fully saturated rings. The van der Waals surface area contributed by atoms with E-state index in [-0.39, 0.29) is 0 Å². The molecule has 0 amide bonds. The quantitative estimate of drug-likeness (QED) is 0.431. The Labute approximate surface area is 177 Å². The number of hydrogen-bond acceptors (Lipinski definition) is 8. The maximum atomic E-state index is 5.50. The highest BCUT2D eigenvalue weighted by Crippen LogP contribution is 2.31. The summed E-state index contributed by atoms with van der Waals surface area (Å²) in [4.78, 5) is 2.22. The fourth-order valence-corrected chi connectivity index (χ4v) is 4.22. The van der Waals surface area contributed by atoms with Crippen LogP contribution in [0.3, 0.4) is 0 Å². The fourth-order valence-electron chi connectivity index (χ4n) is 3.40. The summed E-state index contributed by atoms with van der Waals surface area (Å²) >= 11 is 1.58. The number of ether oxygens (including phenoxy) is 1. The zero-order valence-electron chi connectivity index (χ0n) is 16.5. The summed E-state index contributed by atoms with van der Waals surface area (Å²) in [5.74, 6) is 2.73. The third-order valence-electron chi connectivity index (χ3n) is 4.94. The van der Waals surface area contributed by atoms with Crippen LogP contribution in [0.15, 0.2) is 62.8 Å². The second-order valence-electron chi connectivity index (χ2n) is 6.95. The van der Waals surface area contributed by atoms with E-state index >= 15 is 0 Å². The molecule has 4 heterocycles. The number of anilines is 1. The number of hydrogen-bond donors (Lipinski definition) is 0. The van der Waals surface area contributed by atoms with Gasteiger partial charge in [0, 0.05) is 24.9 Å². The molecule has 0 spiro atoms. The van der Waals surface area contributed by atoms with Gasteiger partial charge >= 0.3 is 0 Å². The highest BCUT2D eigenvalue weighted by Gasteiger charge is 2.23. The molecule has 8 nitrogen and oxygen atoms in total. The van der Waals surface area contributed by atoms with Gasteiger partial charge in [-0.05, 0) is 30.7 Å². The van der Waals surface area contributed by atoms with Crippen molar-refractivity contribution in [3.05, 3.63) is 60.0 Å². The van der Waals surface area contributed by atoms with Gasteiger partial charge in [0.05, 0.1) is 30.9 Å². The Hall–Kier alpha value is -3.04. The molecule has 30 heavy (non-hydrogen) atoms. The van der Waals surface area contributed by atoms with Crippen LogP contribution >= 0.6 is 11.8 Å². The molecule has 0 atom stereocenters. The van der Waals surface area contributed by atoms with E-state index in [1.807, 2.05) is 30.3 Å². The predicted octanol–water partition coefficient (Wildman–Crippen LogP) is 3.95. The first-order chi connectivity index (χ1) is 14.8. The summed E-state index contributed by atoms with van der Waals surface area (Å²) in [6.45, 7) is 5.07. The van der Waals surface area contributed by atoms with Crippen molar-refractivity contribution < 1.29 is 13.7 Å². The lowest BCUT2D eigenvalue weighted by molar-refractivity contribution is 0.122. The average Bonchev–Trinajstić information content (AvgIpc) is 3.53. The van der Waals surface area contributed by atoms with E-state index in [4.69, 9.17) is 13.7 Å². The molecule has 5 rings (SSSR count). The highest BCUT2D eigenvalue weighted by atomic mass is 32.2. The second kappa shape index (κ2) is 8.37. The molecule has 1 aliphatic heterocycles. The highest BCUT2D eigenvalue weighted by molar-refractivity contribution is 7.98. The zero-order chi connectivity index (χ0) is 20.3. The van der Waals surface area contributed by atoms with Crippen LogP contribution in [0, 0.1) is 6.92 Å². The minimum Gasteiger partial charge on any atom is -0.461 e. The van der Waals surface area contributed by atoms with Crippen molar-refractivity contribution in [3.63, 3.8) is 0 Å². The SMILES string of the molecule is Cc1ccccc1-n1c(SCc2cc(-c3ccco3)on2)nnc1N1CCOCC1. The normalized spacial score (nSPS) is 14.4. The standard InChI is InChI=1S/C21H21N5O3S/c1-15-5-2-3-6-17(15)26-20(25-8-11-27-12-9-25)22-23-21(26)30-14-16-13-19(29-24-16)18-7-4-10-28-18/h2-7,10,13H,8-9,11-12,14H2,1H3. The third kappa shape index (κ3) is 3.73. The van der Waals surface area contributed by atoms with Crippen molar-refractivity contribution in [1.82, 2.24) is 19.9 Å². The van der Waals surface area contributed by atoms with Crippen molar-refractivity contribution in [2.75, 3.05) is 31.2 Å². The summed E-state index contributed by atoms with van der Waals surface area (Å²) in [6, 6.07) is 13.8. The Morgan fingerprint density at radius 1 is 1.03 bits per heavy atom. The zero-order valence-corrected chi connectivity index (χ0v) is 17.3. The van der Waals surface area contributed by atoms with Crippen molar-refractivity contribution in [1.29, 1.82) is 0 Å². The van der Waals surface area contributed by atoms with Gasteiger partial charge in [0.25, 0.3) is 0 Å². The molecule has 154 valence electrons. The maximum Gasteiger partial charge on any atom is 0.232 e. The Kier molecular flexibility index (Phi) is 5.29. The Morgan fingerprint density at radius 3 is 2.70 bits per heavy atom. The second-order valence-corrected chi connectivity index (χ2v) is 7.89. The van der Waals surface area contributed by atoms with Crippen molar-refractivity contribution in [3.8, 4) is 17.2 Å². The minimum absolute atomic E-state index is 0.608. The van der Waals surface area contributed by atoms with Crippen molar-refractivity contribution >= 4 is 17.7 Å². The van der Waals surface area contributed by atoms with Crippen LogP contribution in [0.25, 0.3) is 17.2 Å². The van der Waals surface area contributed by atoms with Crippen LogP contribution in [0.1, 0.15) is 11.3 Å². The largest absolute Gasteiger partial charge is 0.461 e. The van der Waals surface area contributed by atoms with Gasteiger partial charge < -0.3 is 18.6 Å². The predicted molar refractivity (Wildman–Crippen MR) is 113 cm³/mol. The third-order valence-corrected chi connectivity index (χ3v) is 5.90. The molecule has 0 aliphatic carbocycles. The Morgan fingerprint density at radius 2 is 1.90 bits per heavy atom. The first-order valence-corrected chi connectivity index (χ1v) is 10.7. The van der Waals surface area contributed by atoms with Gasteiger partial charge in [0.1, 0.15) is 0 Å². The van der Waals surface area contributed by atoms with Gasteiger partial charge in [0.2, 0.25) is 11.7 Å². The number of furan rings is 1. The molecule has 0 N–H and O–H groups in total. The van der Waals surface area contributed by atoms with Gasteiger partial charge in [0.15, 0.2) is 10.9 Å². The van der Waals surface area contributed by atoms with Gasteiger partial charge in [-0.1, -0.05) is 35.1 Å². The van der Waals surface area contributed by atoms with E-state index in [0.29, 0.717) is 30.5 Å². The van der Waals surface area contributed by atoms with Crippen LogP contribution in [0.2, 0.25) is 0 Å².